The van der Waals surface area contributed by atoms with Crippen LogP contribution in [0.15, 0.2) is 71.7 Å². The lowest BCUT2D eigenvalue weighted by Crippen LogP contribution is -2.31. The molecule has 0 radical (unpaired) electrons. The number of amides is 1. The minimum Gasteiger partial charge on any atom is -0.441 e. The summed E-state index contributed by atoms with van der Waals surface area (Å²) in [6.45, 7) is 3.85. The van der Waals surface area contributed by atoms with Gasteiger partial charge in [0, 0.05) is 12.6 Å². The van der Waals surface area contributed by atoms with E-state index in [-0.39, 0.29) is 18.4 Å². The first-order valence-electron chi connectivity index (χ1n) is 9.75. The van der Waals surface area contributed by atoms with Crippen LogP contribution in [-0.2, 0) is 11.2 Å². The Balaban J connectivity index is 1.45. The summed E-state index contributed by atoms with van der Waals surface area (Å²) in [5.41, 5.74) is 3.52. The fourth-order valence-corrected chi connectivity index (χ4v) is 3.25. The number of likely N-dealkylation sites (N-methyl/N-ethyl adjacent to an activating group) is 1. The minimum atomic E-state index is -0.0805. The van der Waals surface area contributed by atoms with Crippen LogP contribution < -0.4 is 0 Å². The van der Waals surface area contributed by atoms with Gasteiger partial charge in [0.05, 0.1) is 23.8 Å². The molecule has 0 aliphatic carbocycles. The molecule has 0 aliphatic heterocycles. The third-order valence-electron chi connectivity index (χ3n) is 5.27. The van der Waals surface area contributed by atoms with Crippen LogP contribution in [0.2, 0.25) is 0 Å². The van der Waals surface area contributed by atoms with E-state index >= 15 is 0 Å². The number of oxazole rings is 1. The molecule has 0 spiro atoms. The van der Waals surface area contributed by atoms with Crippen molar-refractivity contribution in [2.45, 2.75) is 26.3 Å². The molecule has 0 saturated carbocycles. The maximum atomic E-state index is 12.9. The Morgan fingerprint density at radius 3 is 2.53 bits per heavy atom. The average molecular weight is 401 g/mol. The highest BCUT2D eigenvalue weighted by Gasteiger charge is 2.21. The molecule has 0 bridgehead atoms. The third kappa shape index (κ3) is 4.00. The van der Waals surface area contributed by atoms with Crippen molar-refractivity contribution in [2.75, 3.05) is 7.05 Å². The van der Waals surface area contributed by atoms with Gasteiger partial charge in [-0.3, -0.25) is 4.79 Å². The number of rotatable bonds is 6. The molecule has 0 aliphatic rings. The Kier molecular flexibility index (Phi) is 5.43. The Bertz CT molecular complexity index is 1120. The summed E-state index contributed by atoms with van der Waals surface area (Å²) < 4.78 is 7.48. The molecule has 0 fully saturated rings. The smallest absolute Gasteiger partial charge is 0.228 e. The van der Waals surface area contributed by atoms with Gasteiger partial charge in [0.25, 0.3) is 0 Å². The van der Waals surface area contributed by atoms with Crippen molar-refractivity contribution in [2.24, 2.45) is 0 Å². The van der Waals surface area contributed by atoms with Gasteiger partial charge in [0.1, 0.15) is 18.4 Å². The number of hydrogen-bond acceptors (Lipinski definition) is 5. The molecule has 2 aromatic carbocycles. The summed E-state index contributed by atoms with van der Waals surface area (Å²) in [5, 5.41) is 4.13. The molecule has 2 heterocycles. The van der Waals surface area contributed by atoms with Gasteiger partial charge in [-0.1, -0.05) is 30.3 Å². The minimum absolute atomic E-state index is 0.0149. The van der Waals surface area contributed by atoms with E-state index in [2.05, 4.69) is 15.1 Å². The summed E-state index contributed by atoms with van der Waals surface area (Å²) in [6, 6.07) is 17.5. The fourth-order valence-electron chi connectivity index (χ4n) is 3.25. The van der Waals surface area contributed by atoms with Crippen molar-refractivity contribution in [3.63, 3.8) is 0 Å². The van der Waals surface area contributed by atoms with Crippen LogP contribution >= 0.6 is 0 Å². The summed E-state index contributed by atoms with van der Waals surface area (Å²) >= 11 is 0. The molecule has 1 amide bonds. The van der Waals surface area contributed by atoms with Gasteiger partial charge < -0.3 is 9.32 Å². The standard InChI is InChI=1S/C23H23N5O2/c1-16(18-9-11-20(12-10-18)28-15-24-14-25-28)27(3)22(29)13-21-17(2)30-23(26-21)19-7-5-4-6-8-19/h4-12,14-16H,13H2,1-3H3. The van der Waals surface area contributed by atoms with Crippen LogP contribution in [0.1, 0.15) is 30.0 Å². The quantitative estimate of drug-likeness (QED) is 0.488. The number of carbonyl (C=O) groups excluding carboxylic acids is 1. The second-order valence-electron chi connectivity index (χ2n) is 7.18. The van der Waals surface area contributed by atoms with Gasteiger partial charge >= 0.3 is 0 Å². The van der Waals surface area contributed by atoms with Crippen molar-refractivity contribution in [1.82, 2.24) is 24.6 Å². The summed E-state index contributed by atoms with van der Waals surface area (Å²) in [4.78, 5) is 23.1. The molecule has 4 aromatic rings. The van der Waals surface area contributed by atoms with Gasteiger partial charge in [-0.05, 0) is 43.7 Å². The summed E-state index contributed by atoms with van der Waals surface area (Å²) in [7, 11) is 1.81. The van der Waals surface area contributed by atoms with Crippen LogP contribution in [-0.4, -0.2) is 37.6 Å². The van der Waals surface area contributed by atoms with E-state index in [1.807, 2.05) is 75.5 Å². The second-order valence-corrected chi connectivity index (χ2v) is 7.18. The summed E-state index contributed by atoms with van der Waals surface area (Å²) in [5.74, 6) is 1.19. The number of benzene rings is 2. The van der Waals surface area contributed by atoms with E-state index in [0.29, 0.717) is 17.3 Å². The average Bonchev–Trinajstić information content (AvgIpc) is 3.44. The van der Waals surface area contributed by atoms with E-state index in [1.54, 1.807) is 15.9 Å². The van der Waals surface area contributed by atoms with E-state index < -0.39 is 0 Å². The first-order chi connectivity index (χ1) is 14.5. The Morgan fingerprint density at radius 2 is 1.87 bits per heavy atom. The zero-order valence-corrected chi connectivity index (χ0v) is 17.2. The molecule has 7 nitrogen and oxygen atoms in total. The number of aryl methyl sites for hydroxylation is 1. The Labute approximate surface area is 175 Å². The van der Waals surface area contributed by atoms with Crippen LogP contribution in [0.5, 0.6) is 0 Å². The lowest BCUT2D eigenvalue weighted by atomic mass is 10.1. The van der Waals surface area contributed by atoms with Crippen molar-refractivity contribution in [3.05, 3.63) is 84.3 Å². The molecule has 4 rings (SSSR count). The van der Waals surface area contributed by atoms with Gasteiger partial charge in [-0.25, -0.2) is 14.6 Å². The molecule has 152 valence electrons. The number of carbonyl (C=O) groups is 1. The van der Waals surface area contributed by atoms with E-state index in [4.69, 9.17) is 4.42 Å². The predicted molar refractivity (Wildman–Crippen MR) is 113 cm³/mol. The normalized spacial score (nSPS) is 12.0. The van der Waals surface area contributed by atoms with Crippen LogP contribution in [0.25, 0.3) is 17.1 Å². The number of hydrogen-bond donors (Lipinski definition) is 0. The van der Waals surface area contributed by atoms with E-state index in [1.165, 1.54) is 6.33 Å². The maximum Gasteiger partial charge on any atom is 0.228 e. The third-order valence-corrected chi connectivity index (χ3v) is 5.27. The van der Waals surface area contributed by atoms with Crippen molar-refractivity contribution < 1.29 is 9.21 Å². The Hall–Kier alpha value is -3.74. The highest BCUT2D eigenvalue weighted by molar-refractivity contribution is 5.79. The van der Waals surface area contributed by atoms with Crippen LogP contribution in [0.4, 0.5) is 0 Å². The first-order valence-corrected chi connectivity index (χ1v) is 9.75. The van der Waals surface area contributed by atoms with Gasteiger partial charge in [-0.15, -0.1) is 0 Å². The molecular formula is C23H23N5O2. The number of nitrogens with zero attached hydrogens (tertiary/aromatic N) is 5. The highest BCUT2D eigenvalue weighted by Crippen LogP contribution is 2.24. The second kappa shape index (κ2) is 8.32. The predicted octanol–water partition coefficient (Wildman–Crippen LogP) is 3.99. The maximum absolute atomic E-state index is 12.9. The number of aromatic nitrogens is 4. The van der Waals surface area contributed by atoms with Crippen molar-refractivity contribution in [3.8, 4) is 17.1 Å². The lowest BCUT2D eigenvalue weighted by molar-refractivity contribution is -0.131. The Morgan fingerprint density at radius 1 is 1.13 bits per heavy atom. The molecule has 1 unspecified atom stereocenters. The SMILES string of the molecule is Cc1oc(-c2ccccc2)nc1CC(=O)N(C)C(C)c1ccc(-n2cncn2)cc1. The van der Waals surface area contributed by atoms with Crippen molar-refractivity contribution >= 4 is 5.91 Å². The van der Waals surface area contributed by atoms with Gasteiger partial charge in [0.15, 0.2) is 0 Å². The molecule has 7 heteroatoms. The largest absolute Gasteiger partial charge is 0.441 e. The molecule has 0 N–H and O–H groups in total. The van der Waals surface area contributed by atoms with Crippen molar-refractivity contribution in [1.29, 1.82) is 0 Å². The molecular weight excluding hydrogens is 378 g/mol. The molecule has 1 atom stereocenters. The lowest BCUT2D eigenvalue weighted by Gasteiger charge is -2.25. The van der Waals surface area contributed by atoms with E-state index in [9.17, 15) is 4.79 Å². The summed E-state index contributed by atoms with van der Waals surface area (Å²) in [6.07, 6.45) is 3.34. The van der Waals surface area contributed by atoms with Crippen LogP contribution in [0, 0.1) is 6.92 Å². The van der Waals surface area contributed by atoms with Crippen LogP contribution in [0.3, 0.4) is 0 Å². The monoisotopic (exact) mass is 401 g/mol. The van der Waals surface area contributed by atoms with E-state index in [0.717, 1.165) is 16.8 Å². The van der Waals surface area contributed by atoms with Gasteiger partial charge in [0.2, 0.25) is 11.8 Å². The fraction of sp³-hybridized carbons (Fsp3) is 0.217. The zero-order valence-electron chi connectivity index (χ0n) is 17.2. The molecule has 2 aromatic heterocycles. The zero-order chi connectivity index (χ0) is 21.1. The molecule has 30 heavy (non-hydrogen) atoms. The first kappa shape index (κ1) is 19.6. The highest BCUT2D eigenvalue weighted by atomic mass is 16.4. The van der Waals surface area contributed by atoms with Gasteiger partial charge in [-0.2, -0.15) is 5.10 Å². The molecule has 0 saturated heterocycles. The topological polar surface area (TPSA) is 77.0 Å².